The maximum Gasteiger partial charge on any atom is 0.264 e. The first kappa shape index (κ1) is 14.0. The lowest BCUT2D eigenvalue weighted by Gasteiger charge is -2.08. The minimum absolute atomic E-state index is 0.0512. The summed E-state index contributed by atoms with van der Waals surface area (Å²) in [6.07, 6.45) is 2.31. The van der Waals surface area contributed by atoms with Crippen molar-refractivity contribution < 1.29 is 12.8 Å². The van der Waals surface area contributed by atoms with Crippen molar-refractivity contribution >= 4 is 39.0 Å². The Morgan fingerprint density at radius 2 is 1.89 bits per heavy atom. The minimum atomic E-state index is -4.05. The number of hydrogen-bond donors (Lipinski definition) is 1. The predicted octanol–water partition coefficient (Wildman–Crippen LogP) is 2.72. The van der Waals surface area contributed by atoms with Crippen molar-refractivity contribution in [2.45, 2.75) is 4.90 Å². The van der Waals surface area contributed by atoms with E-state index in [0.717, 1.165) is 24.4 Å². The zero-order valence-corrected chi connectivity index (χ0v) is 11.5. The van der Waals surface area contributed by atoms with Crippen LogP contribution in [0.2, 0.25) is 10.2 Å². The SMILES string of the molecule is O=S(=O)(Nc1cnc(Cl)cn1)c1cc(F)ccc1Cl. The molecule has 0 aliphatic heterocycles. The van der Waals surface area contributed by atoms with Crippen LogP contribution >= 0.6 is 23.2 Å². The first-order valence-corrected chi connectivity index (χ1v) is 7.08. The lowest BCUT2D eigenvalue weighted by Crippen LogP contribution is -2.14. The molecule has 1 aromatic heterocycles. The van der Waals surface area contributed by atoms with Crippen molar-refractivity contribution in [1.29, 1.82) is 0 Å². The van der Waals surface area contributed by atoms with E-state index in [2.05, 4.69) is 14.7 Å². The number of halogens is 3. The molecule has 2 rings (SSSR count). The molecule has 0 saturated heterocycles. The fourth-order valence-corrected chi connectivity index (χ4v) is 2.84. The van der Waals surface area contributed by atoms with E-state index in [1.165, 1.54) is 6.20 Å². The Morgan fingerprint density at radius 1 is 1.16 bits per heavy atom. The molecular weight excluding hydrogens is 316 g/mol. The third-order valence-electron chi connectivity index (χ3n) is 2.04. The van der Waals surface area contributed by atoms with E-state index in [-0.39, 0.29) is 20.9 Å². The molecule has 0 aliphatic carbocycles. The predicted molar refractivity (Wildman–Crippen MR) is 69.3 cm³/mol. The number of sulfonamides is 1. The Bertz CT molecular complexity index is 707. The summed E-state index contributed by atoms with van der Waals surface area (Å²) in [4.78, 5) is 7.00. The molecule has 0 unspecified atom stereocenters. The van der Waals surface area contributed by atoms with Crippen molar-refractivity contribution in [3.63, 3.8) is 0 Å². The summed E-state index contributed by atoms with van der Waals surface area (Å²) in [6, 6.07) is 3.02. The Morgan fingerprint density at radius 3 is 2.53 bits per heavy atom. The van der Waals surface area contributed by atoms with Gasteiger partial charge in [0.25, 0.3) is 10.0 Å². The summed E-state index contributed by atoms with van der Waals surface area (Å²) in [6.45, 7) is 0. The van der Waals surface area contributed by atoms with Crippen LogP contribution in [0, 0.1) is 5.82 Å². The molecule has 5 nitrogen and oxygen atoms in total. The second kappa shape index (κ2) is 5.28. The standard InChI is InChI=1S/C10H6Cl2FN3O2S/c11-7-2-1-6(13)3-8(7)19(17,18)16-10-5-14-9(12)4-15-10/h1-5H,(H,15,16). The molecule has 19 heavy (non-hydrogen) atoms. The van der Waals surface area contributed by atoms with Gasteiger partial charge < -0.3 is 0 Å². The third kappa shape index (κ3) is 3.31. The molecule has 1 aromatic carbocycles. The van der Waals surface area contributed by atoms with E-state index >= 15 is 0 Å². The van der Waals surface area contributed by atoms with Gasteiger partial charge in [0.2, 0.25) is 0 Å². The molecule has 0 amide bonds. The summed E-state index contributed by atoms with van der Waals surface area (Å²) in [5.41, 5.74) is 0. The average molecular weight is 322 g/mol. The van der Waals surface area contributed by atoms with Gasteiger partial charge in [0, 0.05) is 0 Å². The van der Waals surface area contributed by atoms with Gasteiger partial charge in [0.1, 0.15) is 15.9 Å². The van der Waals surface area contributed by atoms with Crippen molar-refractivity contribution in [2.24, 2.45) is 0 Å². The zero-order valence-electron chi connectivity index (χ0n) is 9.14. The summed E-state index contributed by atoms with van der Waals surface area (Å²) in [5.74, 6) is -0.767. The topological polar surface area (TPSA) is 72.0 Å². The van der Waals surface area contributed by atoms with Crippen LogP contribution in [0.3, 0.4) is 0 Å². The average Bonchev–Trinajstić information content (AvgIpc) is 2.35. The molecule has 9 heteroatoms. The highest BCUT2D eigenvalue weighted by atomic mass is 35.5. The number of anilines is 1. The first-order valence-electron chi connectivity index (χ1n) is 4.84. The van der Waals surface area contributed by atoms with Gasteiger partial charge >= 0.3 is 0 Å². The van der Waals surface area contributed by atoms with Gasteiger partial charge in [0.05, 0.1) is 17.4 Å². The molecule has 1 N–H and O–H groups in total. The Labute approximate surface area is 118 Å². The maximum atomic E-state index is 13.1. The number of nitrogens with one attached hydrogen (secondary N) is 1. The van der Waals surface area contributed by atoms with Crippen LogP contribution in [0.1, 0.15) is 0 Å². The van der Waals surface area contributed by atoms with E-state index in [9.17, 15) is 12.8 Å². The van der Waals surface area contributed by atoms with E-state index in [1.54, 1.807) is 0 Å². The molecule has 0 spiro atoms. The smallest absolute Gasteiger partial charge is 0.262 e. The van der Waals surface area contributed by atoms with Gasteiger partial charge in [-0.2, -0.15) is 0 Å². The minimum Gasteiger partial charge on any atom is -0.262 e. The van der Waals surface area contributed by atoms with Gasteiger partial charge in [-0.25, -0.2) is 22.8 Å². The third-order valence-corrected chi connectivity index (χ3v) is 4.07. The Kier molecular flexibility index (Phi) is 3.88. The molecule has 0 radical (unpaired) electrons. The highest BCUT2D eigenvalue weighted by Gasteiger charge is 2.19. The van der Waals surface area contributed by atoms with E-state index in [1.807, 2.05) is 0 Å². The molecule has 0 bridgehead atoms. The van der Waals surface area contributed by atoms with Gasteiger partial charge in [-0.15, -0.1) is 0 Å². The van der Waals surface area contributed by atoms with Crippen LogP contribution in [-0.2, 0) is 10.0 Å². The highest BCUT2D eigenvalue weighted by Crippen LogP contribution is 2.23. The molecule has 0 fully saturated rings. The molecule has 100 valence electrons. The van der Waals surface area contributed by atoms with Gasteiger partial charge in [-0.1, -0.05) is 23.2 Å². The van der Waals surface area contributed by atoms with Gasteiger partial charge in [-0.3, -0.25) is 4.72 Å². The monoisotopic (exact) mass is 321 g/mol. The molecule has 0 atom stereocenters. The first-order chi connectivity index (χ1) is 8.88. The number of rotatable bonds is 3. The summed E-state index contributed by atoms with van der Waals surface area (Å²) in [5, 5.41) is 0.0163. The number of aromatic nitrogens is 2. The largest absolute Gasteiger partial charge is 0.264 e. The van der Waals surface area contributed by atoms with Crippen LogP contribution in [0.25, 0.3) is 0 Å². The van der Waals surface area contributed by atoms with Crippen LogP contribution < -0.4 is 4.72 Å². The molecule has 0 aliphatic rings. The molecule has 1 heterocycles. The summed E-state index contributed by atoms with van der Waals surface area (Å²) in [7, 11) is -4.05. The molecule has 2 aromatic rings. The lowest BCUT2D eigenvalue weighted by molar-refractivity contribution is 0.595. The quantitative estimate of drug-likeness (QED) is 0.943. The fourth-order valence-electron chi connectivity index (χ4n) is 1.24. The van der Waals surface area contributed by atoms with Crippen molar-refractivity contribution in [3.8, 4) is 0 Å². The second-order valence-corrected chi connectivity index (χ2v) is 5.85. The zero-order chi connectivity index (χ0) is 14.0. The van der Waals surface area contributed by atoms with Gasteiger partial charge in [-0.05, 0) is 18.2 Å². The van der Waals surface area contributed by atoms with Crippen LogP contribution in [-0.4, -0.2) is 18.4 Å². The fraction of sp³-hybridized carbons (Fsp3) is 0. The Hall–Kier alpha value is -1.44. The van der Waals surface area contributed by atoms with E-state index in [4.69, 9.17) is 23.2 Å². The van der Waals surface area contributed by atoms with Crippen LogP contribution in [0.15, 0.2) is 35.5 Å². The normalized spacial score (nSPS) is 11.3. The number of hydrogen-bond acceptors (Lipinski definition) is 4. The highest BCUT2D eigenvalue weighted by molar-refractivity contribution is 7.92. The van der Waals surface area contributed by atoms with Crippen LogP contribution in [0.4, 0.5) is 10.2 Å². The lowest BCUT2D eigenvalue weighted by atomic mass is 10.3. The Balaban J connectivity index is 2.37. The second-order valence-electron chi connectivity index (χ2n) is 3.40. The number of nitrogens with zero attached hydrogens (tertiary/aromatic N) is 2. The van der Waals surface area contributed by atoms with E-state index < -0.39 is 15.8 Å². The molecular formula is C10H6Cl2FN3O2S. The summed E-state index contributed by atoms with van der Waals surface area (Å²) < 4.78 is 39.2. The van der Waals surface area contributed by atoms with Crippen molar-refractivity contribution in [3.05, 3.63) is 46.6 Å². The van der Waals surface area contributed by atoms with Gasteiger partial charge in [0.15, 0.2) is 5.82 Å². The maximum absolute atomic E-state index is 13.1. The van der Waals surface area contributed by atoms with E-state index in [0.29, 0.717) is 0 Å². The van der Waals surface area contributed by atoms with Crippen molar-refractivity contribution in [2.75, 3.05) is 4.72 Å². The summed E-state index contributed by atoms with van der Waals surface area (Å²) >= 11 is 11.3. The van der Waals surface area contributed by atoms with Crippen molar-refractivity contribution in [1.82, 2.24) is 9.97 Å². The number of benzene rings is 1. The van der Waals surface area contributed by atoms with Crippen LogP contribution in [0.5, 0.6) is 0 Å². The molecule has 0 saturated carbocycles.